The number of guanidine groups is 1. The molecule has 1 aliphatic heterocycles. The minimum Gasteiger partial charge on any atom is -0.385 e. The van der Waals surface area contributed by atoms with E-state index in [2.05, 4.69) is 48.2 Å². The van der Waals surface area contributed by atoms with Gasteiger partial charge in [0, 0.05) is 52.5 Å². The molecule has 0 spiro atoms. The molecule has 2 fully saturated rings. The van der Waals surface area contributed by atoms with Crippen LogP contribution in [0.5, 0.6) is 0 Å². The summed E-state index contributed by atoms with van der Waals surface area (Å²) in [6.45, 7) is 13.5. The molecule has 2 N–H and O–H groups in total. The molecule has 2 aliphatic rings. The number of hydrogen-bond donors (Lipinski definition) is 2. The summed E-state index contributed by atoms with van der Waals surface area (Å²) in [7, 11) is 3.64. The van der Waals surface area contributed by atoms with Gasteiger partial charge in [0.1, 0.15) is 0 Å². The van der Waals surface area contributed by atoms with Crippen LogP contribution in [0.3, 0.4) is 0 Å². The number of aliphatic imine (C=N–C) groups is 1. The summed E-state index contributed by atoms with van der Waals surface area (Å²) in [6.07, 6.45) is 5.61. The van der Waals surface area contributed by atoms with E-state index in [-0.39, 0.29) is 41.7 Å². The topological polar surface area (TPSA) is 58.1 Å². The Kier molecular flexibility index (Phi) is 10.3. The van der Waals surface area contributed by atoms with Gasteiger partial charge in [0.15, 0.2) is 5.96 Å². The fourth-order valence-electron chi connectivity index (χ4n) is 4.09. The van der Waals surface area contributed by atoms with Crippen LogP contribution in [-0.4, -0.2) is 75.5 Å². The Balaban J connectivity index is 0.00000364. The number of methoxy groups -OCH3 is 1. The first-order chi connectivity index (χ1) is 12.3. The maximum Gasteiger partial charge on any atom is 0.191 e. The highest BCUT2D eigenvalue weighted by Gasteiger charge is 2.37. The van der Waals surface area contributed by atoms with Crippen molar-refractivity contribution in [3.63, 3.8) is 0 Å². The van der Waals surface area contributed by atoms with Crippen molar-refractivity contribution in [2.75, 3.05) is 46.9 Å². The molecule has 1 aliphatic carbocycles. The molecular formula is C20H41IN4O2. The Morgan fingerprint density at radius 3 is 2.33 bits per heavy atom. The molecule has 0 radical (unpaired) electrons. The normalized spacial score (nSPS) is 26.1. The Morgan fingerprint density at radius 1 is 1.22 bits per heavy atom. The molecule has 0 bridgehead atoms. The number of halogens is 1. The van der Waals surface area contributed by atoms with Crippen LogP contribution in [0.4, 0.5) is 0 Å². The van der Waals surface area contributed by atoms with Gasteiger partial charge in [0.25, 0.3) is 0 Å². The number of hydrogen-bond acceptors (Lipinski definition) is 4. The molecule has 1 heterocycles. The van der Waals surface area contributed by atoms with Crippen LogP contribution in [0.1, 0.15) is 53.4 Å². The molecule has 2 unspecified atom stereocenters. The van der Waals surface area contributed by atoms with Crippen molar-refractivity contribution in [2.24, 2.45) is 10.4 Å². The van der Waals surface area contributed by atoms with Crippen molar-refractivity contribution in [3.05, 3.63) is 0 Å². The van der Waals surface area contributed by atoms with Crippen LogP contribution in [-0.2, 0) is 9.47 Å². The molecule has 1 saturated carbocycles. The lowest BCUT2D eigenvalue weighted by Crippen LogP contribution is -2.59. The van der Waals surface area contributed by atoms with E-state index in [4.69, 9.17) is 9.47 Å². The fraction of sp³-hybridized carbons (Fsp3) is 0.950. The lowest BCUT2D eigenvalue weighted by molar-refractivity contribution is -0.0946. The fourth-order valence-corrected chi connectivity index (χ4v) is 4.09. The van der Waals surface area contributed by atoms with Crippen molar-refractivity contribution < 1.29 is 9.47 Å². The minimum atomic E-state index is 0. The van der Waals surface area contributed by atoms with E-state index in [0.29, 0.717) is 5.41 Å². The van der Waals surface area contributed by atoms with Crippen LogP contribution in [0.25, 0.3) is 0 Å². The first-order valence-electron chi connectivity index (χ1n) is 10.1. The minimum absolute atomic E-state index is 0. The highest BCUT2D eigenvalue weighted by molar-refractivity contribution is 14.0. The van der Waals surface area contributed by atoms with E-state index >= 15 is 0 Å². The SMILES string of the molecule is CN=C(NCC1(CCOC)CCC1)NCC(C)(C)N1CC(C)OC(C)C1.I. The molecule has 0 aromatic heterocycles. The van der Waals surface area contributed by atoms with Crippen molar-refractivity contribution in [1.29, 1.82) is 0 Å². The summed E-state index contributed by atoms with van der Waals surface area (Å²) in [5.74, 6) is 0.899. The smallest absolute Gasteiger partial charge is 0.191 e. The number of rotatable bonds is 8. The highest BCUT2D eigenvalue weighted by Crippen LogP contribution is 2.43. The van der Waals surface area contributed by atoms with Crippen molar-refractivity contribution in [1.82, 2.24) is 15.5 Å². The monoisotopic (exact) mass is 496 g/mol. The Bertz CT molecular complexity index is 459. The molecule has 160 valence electrons. The van der Waals surface area contributed by atoms with E-state index in [1.807, 2.05) is 7.05 Å². The Morgan fingerprint density at radius 2 is 1.85 bits per heavy atom. The standard InChI is InChI=1S/C20H40N4O2.HI/c1-16-12-24(13-17(2)26-16)19(3,4)14-22-18(21-5)23-15-20(8-7-9-20)10-11-25-6;/h16-17H,7-15H2,1-6H3,(H2,21,22,23);1H. The largest absolute Gasteiger partial charge is 0.385 e. The van der Waals surface area contributed by atoms with Gasteiger partial charge in [-0.25, -0.2) is 0 Å². The van der Waals surface area contributed by atoms with E-state index in [0.717, 1.165) is 45.2 Å². The third-order valence-corrected chi connectivity index (χ3v) is 6.07. The molecule has 7 heteroatoms. The molecule has 0 aromatic carbocycles. The van der Waals surface area contributed by atoms with E-state index in [1.54, 1.807) is 7.11 Å². The molecule has 2 atom stereocenters. The summed E-state index contributed by atoms with van der Waals surface area (Å²) in [5.41, 5.74) is 0.437. The van der Waals surface area contributed by atoms with Crippen LogP contribution in [0, 0.1) is 5.41 Å². The van der Waals surface area contributed by atoms with Gasteiger partial charge < -0.3 is 20.1 Å². The third kappa shape index (κ3) is 7.33. The maximum absolute atomic E-state index is 5.88. The van der Waals surface area contributed by atoms with Gasteiger partial charge in [-0.1, -0.05) is 6.42 Å². The lowest BCUT2D eigenvalue weighted by Gasteiger charge is -2.45. The number of ether oxygens (including phenoxy) is 2. The number of nitrogens with zero attached hydrogens (tertiary/aromatic N) is 2. The average Bonchev–Trinajstić information content (AvgIpc) is 2.55. The molecule has 0 amide bonds. The van der Waals surface area contributed by atoms with Gasteiger partial charge in [-0.05, 0) is 52.4 Å². The maximum atomic E-state index is 5.88. The second-order valence-electron chi connectivity index (χ2n) is 8.85. The van der Waals surface area contributed by atoms with Crippen LogP contribution in [0.2, 0.25) is 0 Å². The van der Waals surface area contributed by atoms with Gasteiger partial charge in [0.05, 0.1) is 12.2 Å². The van der Waals surface area contributed by atoms with Gasteiger partial charge in [-0.3, -0.25) is 9.89 Å². The van der Waals surface area contributed by atoms with Gasteiger partial charge in [0.2, 0.25) is 0 Å². The molecular weight excluding hydrogens is 455 g/mol. The van der Waals surface area contributed by atoms with Gasteiger partial charge in [-0.15, -0.1) is 24.0 Å². The average molecular weight is 496 g/mol. The van der Waals surface area contributed by atoms with E-state index < -0.39 is 0 Å². The summed E-state index contributed by atoms with van der Waals surface area (Å²) in [5, 5.41) is 7.09. The predicted molar refractivity (Wildman–Crippen MR) is 123 cm³/mol. The summed E-state index contributed by atoms with van der Waals surface area (Å²) in [6, 6.07) is 0. The number of morpholine rings is 1. The Hall–Kier alpha value is -0.120. The molecule has 6 nitrogen and oxygen atoms in total. The van der Waals surface area contributed by atoms with Crippen molar-refractivity contribution in [3.8, 4) is 0 Å². The summed E-state index contributed by atoms with van der Waals surface area (Å²) in [4.78, 5) is 6.95. The van der Waals surface area contributed by atoms with Crippen LogP contribution in [0.15, 0.2) is 4.99 Å². The van der Waals surface area contributed by atoms with Crippen LogP contribution >= 0.6 is 24.0 Å². The van der Waals surface area contributed by atoms with Crippen molar-refractivity contribution >= 4 is 29.9 Å². The zero-order valence-corrected chi connectivity index (χ0v) is 20.5. The second-order valence-corrected chi connectivity index (χ2v) is 8.85. The third-order valence-electron chi connectivity index (χ3n) is 6.07. The first kappa shape index (κ1) is 24.9. The van der Waals surface area contributed by atoms with Crippen molar-refractivity contribution in [2.45, 2.75) is 71.1 Å². The molecule has 2 rings (SSSR count). The zero-order valence-electron chi connectivity index (χ0n) is 18.1. The Labute approximate surface area is 183 Å². The quantitative estimate of drug-likeness (QED) is 0.308. The molecule has 27 heavy (non-hydrogen) atoms. The first-order valence-corrected chi connectivity index (χ1v) is 10.1. The van der Waals surface area contributed by atoms with E-state index in [1.165, 1.54) is 19.3 Å². The lowest BCUT2D eigenvalue weighted by atomic mass is 9.67. The second kappa shape index (κ2) is 11.2. The van der Waals surface area contributed by atoms with Gasteiger partial charge in [-0.2, -0.15) is 0 Å². The summed E-state index contributed by atoms with van der Waals surface area (Å²) >= 11 is 0. The predicted octanol–water partition coefficient (Wildman–Crippen LogP) is 2.86. The summed E-state index contributed by atoms with van der Waals surface area (Å²) < 4.78 is 11.2. The van der Waals surface area contributed by atoms with Gasteiger partial charge >= 0.3 is 0 Å². The molecule has 0 aromatic rings. The highest BCUT2D eigenvalue weighted by atomic mass is 127. The zero-order chi connectivity index (χ0) is 19.2. The molecule has 1 saturated heterocycles. The van der Waals surface area contributed by atoms with Crippen LogP contribution < -0.4 is 10.6 Å². The number of nitrogens with one attached hydrogen (secondary N) is 2. The van der Waals surface area contributed by atoms with E-state index in [9.17, 15) is 0 Å².